The van der Waals surface area contributed by atoms with Crippen molar-refractivity contribution in [1.82, 2.24) is 4.57 Å². The number of halogens is 2. The predicted molar refractivity (Wildman–Crippen MR) is 128 cm³/mol. The summed E-state index contributed by atoms with van der Waals surface area (Å²) in [5.41, 5.74) is 3.31. The molecule has 4 rings (SSSR count). The minimum Gasteiger partial charge on any atom is -0.463 e. The molecule has 0 fully saturated rings. The van der Waals surface area contributed by atoms with E-state index in [1.54, 1.807) is 42.7 Å². The van der Waals surface area contributed by atoms with Crippen LogP contribution in [0.15, 0.2) is 63.5 Å². The molecule has 0 spiro atoms. The van der Waals surface area contributed by atoms with Crippen molar-refractivity contribution in [2.45, 2.75) is 26.8 Å². The van der Waals surface area contributed by atoms with Crippen LogP contribution in [0.5, 0.6) is 0 Å². The van der Waals surface area contributed by atoms with Crippen LogP contribution in [0, 0.1) is 6.92 Å². The summed E-state index contributed by atoms with van der Waals surface area (Å²) in [6.07, 6.45) is 1.75. The van der Waals surface area contributed by atoms with Crippen LogP contribution in [-0.2, 0) is 9.53 Å². The number of rotatable bonds is 4. The van der Waals surface area contributed by atoms with Gasteiger partial charge in [-0.3, -0.25) is 9.36 Å². The van der Waals surface area contributed by atoms with E-state index in [-0.39, 0.29) is 12.2 Å². The van der Waals surface area contributed by atoms with Crippen LogP contribution in [0.25, 0.3) is 6.08 Å². The maximum Gasteiger partial charge on any atom is 0.338 e. The molecule has 1 aliphatic rings. The number of hydrogen-bond donors (Lipinski definition) is 0. The number of ether oxygens (including phenoxy) is 1. The minimum absolute atomic E-state index is 0.234. The van der Waals surface area contributed by atoms with Crippen molar-refractivity contribution < 1.29 is 9.53 Å². The lowest BCUT2D eigenvalue weighted by molar-refractivity contribution is -0.139. The Labute approximate surface area is 198 Å². The highest BCUT2D eigenvalue weighted by atomic mass is 35.5. The lowest BCUT2D eigenvalue weighted by Crippen LogP contribution is -2.39. The summed E-state index contributed by atoms with van der Waals surface area (Å²) < 4.78 is 7.36. The fraction of sp³-hybridized carbons (Fsp3) is 0.208. The molecule has 1 aromatic heterocycles. The standard InChI is InChI=1S/C24H20Cl2N2O3S/c1-4-31-23(30)20-14(3)27-24-28(21(20)16-8-5-13(2)6-9-16)22(29)19(32-24)12-15-7-10-17(25)18(26)11-15/h5-12,21H,4H2,1-3H3/b19-12-/t21-/m0/s1. The Kier molecular flexibility index (Phi) is 6.38. The molecule has 2 aromatic carbocycles. The van der Waals surface area contributed by atoms with Crippen molar-refractivity contribution >= 4 is 46.6 Å². The van der Waals surface area contributed by atoms with Crippen molar-refractivity contribution in [2.24, 2.45) is 4.99 Å². The first-order chi connectivity index (χ1) is 15.3. The highest BCUT2D eigenvalue weighted by Gasteiger charge is 2.33. The van der Waals surface area contributed by atoms with Crippen molar-refractivity contribution in [3.05, 3.63) is 100 Å². The molecule has 0 amide bonds. The molecule has 0 saturated carbocycles. The smallest absolute Gasteiger partial charge is 0.338 e. The van der Waals surface area contributed by atoms with E-state index < -0.39 is 12.0 Å². The summed E-state index contributed by atoms with van der Waals surface area (Å²) in [5, 5.41) is 0.852. The summed E-state index contributed by atoms with van der Waals surface area (Å²) >= 11 is 13.4. The van der Waals surface area contributed by atoms with Gasteiger partial charge in [0.05, 0.1) is 38.5 Å². The number of carbonyl (C=O) groups excluding carboxylic acids is 1. The van der Waals surface area contributed by atoms with Gasteiger partial charge in [-0.15, -0.1) is 0 Å². The molecule has 0 saturated heterocycles. The number of aromatic nitrogens is 1. The van der Waals surface area contributed by atoms with Crippen LogP contribution in [0.2, 0.25) is 10.0 Å². The van der Waals surface area contributed by atoms with Gasteiger partial charge in [0.2, 0.25) is 0 Å². The molecule has 0 radical (unpaired) electrons. The molecule has 0 aliphatic carbocycles. The Bertz CT molecular complexity index is 1420. The normalized spacial score (nSPS) is 16.0. The van der Waals surface area contributed by atoms with Gasteiger partial charge in [0.15, 0.2) is 4.80 Å². The number of carbonyl (C=O) groups is 1. The zero-order valence-corrected chi connectivity index (χ0v) is 20.0. The molecule has 164 valence electrons. The van der Waals surface area contributed by atoms with E-state index in [4.69, 9.17) is 27.9 Å². The second-order valence-corrected chi connectivity index (χ2v) is 9.21. The first-order valence-electron chi connectivity index (χ1n) is 10.0. The van der Waals surface area contributed by atoms with Crippen molar-refractivity contribution in [1.29, 1.82) is 0 Å². The van der Waals surface area contributed by atoms with Crippen molar-refractivity contribution in [2.75, 3.05) is 6.61 Å². The maximum atomic E-state index is 13.5. The molecule has 3 aromatic rings. The Morgan fingerprint density at radius 2 is 1.88 bits per heavy atom. The fourth-order valence-electron chi connectivity index (χ4n) is 3.61. The largest absolute Gasteiger partial charge is 0.463 e. The average Bonchev–Trinajstić information content (AvgIpc) is 3.05. The van der Waals surface area contributed by atoms with E-state index in [1.807, 2.05) is 31.2 Å². The third kappa shape index (κ3) is 4.18. The van der Waals surface area contributed by atoms with E-state index in [2.05, 4.69) is 4.99 Å². The lowest BCUT2D eigenvalue weighted by Gasteiger charge is -2.24. The van der Waals surface area contributed by atoms with E-state index >= 15 is 0 Å². The molecule has 0 N–H and O–H groups in total. The second kappa shape index (κ2) is 9.06. The van der Waals surface area contributed by atoms with Crippen LogP contribution in [0.1, 0.15) is 36.6 Å². The first kappa shape index (κ1) is 22.5. The van der Waals surface area contributed by atoms with E-state index in [0.717, 1.165) is 16.7 Å². The number of aryl methyl sites for hydroxylation is 1. The van der Waals surface area contributed by atoms with Crippen molar-refractivity contribution in [3.8, 4) is 0 Å². The Hall–Kier alpha value is -2.67. The number of hydrogen-bond acceptors (Lipinski definition) is 5. The molecular weight excluding hydrogens is 467 g/mol. The Morgan fingerprint density at radius 1 is 1.16 bits per heavy atom. The number of esters is 1. The van der Waals surface area contributed by atoms with Gasteiger partial charge in [0.25, 0.3) is 5.56 Å². The summed E-state index contributed by atoms with van der Waals surface area (Å²) in [4.78, 5) is 31.5. The van der Waals surface area contributed by atoms with Crippen molar-refractivity contribution in [3.63, 3.8) is 0 Å². The molecule has 1 aliphatic heterocycles. The van der Waals surface area contributed by atoms with E-state index in [9.17, 15) is 9.59 Å². The highest BCUT2D eigenvalue weighted by molar-refractivity contribution is 7.07. The summed E-state index contributed by atoms with van der Waals surface area (Å²) in [5.74, 6) is -0.474. The predicted octanol–water partition coefficient (Wildman–Crippen LogP) is 4.41. The monoisotopic (exact) mass is 486 g/mol. The fourth-order valence-corrected chi connectivity index (χ4v) is 4.96. The summed E-state index contributed by atoms with van der Waals surface area (Å²) in [7, 11) is 0. The van der Waals surface area contributed by atoms with Crippen LogP contribution in [-0.4, -0.2) is 17.1 Å². The molecule has 8 heteroatoms. The SMILES string of the molecule is CCOC(=O)C1=C(C)N=c2s/c(=C\c3ccc(Cl)c(Cl)c3)c(=O)n2[C@H]1c1ccc(C)cc1. The zero-order valence-electron chi connectivity index (χ0n) is 17.7. The van der Waals surface area contributed by atoms with Crippen LogP contribution in [0.3, 0.4) is 0 Å². The molecule has 0 bridgehead atoms. The van der Waals surface area contributed by atoms with Gasteiger partial charge in [-0.25, -0.2) is 9.79 Å². The molecule has 5 nitrogen and oxygen atoms in total. The van der Waals surface area contributed by atoms with Gasteiger partial charge in [-0.2, -0.15) is 0 Å². The van der Waals surface area contributed by atoms with Gasteiger partial charge < -0.3 is 4.74 Å². The number of nitrogens with zero attached hydrogens (tertiary/aromatic N) is 2. The topological polar surface area (TPSA) is 60.7 Å². The number of fused-ring (bicyclic) bond motifs is 1. The number of benzene rings is 2. The van der Waals surface area contributed by atoms with Crippen LogP contribution in [0.4, 0.5) is 0 Å². The Morgan fingerprint density at radius 3 is 2.53 bits per heavy atom. The molecule has 1 atom stereocenters. The Balaban J connectivity index is 1.95. The van der Waals surface area contributed by atoms with E-state index in [0.29, 0.717) is 30.6 Å². The van der Waals surface area contributed by atoms with Gasteiger partial charge in [0, 0.05) is 0 Å². The van der Waals surface area contributed by atoms with Gasteiger partial charge >= 0.3 is 5.97 Å². The average molecular weight is 487 g/mol. The van der Waals surface area contributed by atoms with Crippen LogP contribution >= 0.6 is 34.5 Å². The second-order valence-electron chi connectivity index (χ2n) is 7.39. The molecule has 32 heavy (non-hydrogen) atoms. The first-order valence-corrected chi connectivity index (χ1v) is 11.6. The third-order valence-corrected chi connectivity index (χ3v) is 6.87. The third-order valence-electron chi connectivity index (χ3n) is 5.15. The molecular formula is C24H20Cl2N2O3S. The summed E-state index contributed by atoms with van der Waals surface area (Å²) in [6.45, 7) is 5.74. The molecule has 0 unspecified atom stereocenters. The number of thiazole rings is 1. The van der Waals surface area contributed by atoms with Gasteiger partial charge in [0.1, 0.15) is 0 Å². The van der Waals surface area contributed by atoms with Gasteiger partial charge in [-0.1, -0.05) is 70.4 Å². The lowest BCUT2D eigenvalue weighted by atomic mass is 9.95. The van der Waals surface area contributed by atoms with Gasteiger partial charge in [-0.05, 0) is 50.1 Å². The quantitative estimate of drug-likeness (QED) is 0.513. The zero-order chi connectivity index (χ0) is 23.0. The summed E-state index contributed by atoms with van der Waals surface area (Å²) in [6, 6.07) is 12.3. The molecule has 2 heterocycles. The number of allylic oxidation sites excluding steroid dienone is 1. The highest BCUT2D eigenvalue weighted by Crippen LogP contribution is 2.31. The van der Waals surface area contributed by atoms with E-state index in [1.165, 1.54) is 11.3 Å². The van der Waals surface area contributed by atoms with Crippen LogP contribution < -0.4 is 14.9 Å². The maximum absolute atomic E-state index is 13.5. The minimum atomic E-state index is -0.623.